The zero-order chi connectivity index (χ0) is 13.4. The molecule has 0 aromatic heterocycles. The van der Waals surface area contributed by atoms with Gasteiger partial charge >= 0.3 is 0 Å². The summed E-state index contributed by atoms with van der Waals surface area (Å²) in [5.41, 5.74) is 0.242. The Morgan fingerprint density at radius 1 is 1.17 bits per heavy atom. The Morgan fingerprint density at radius 2 is 1.83 bits per heavy atom. The first-order valence-electron chi connectivity index (χ1n) is 7.84. The molecule has 1 aliphatic rings. The molecule has 0 aromatic rings. The molecule has 1 unspecified atom stereocenters. The first-order valence-corrected chi connectivity index (χ1v) is 7.84. The van der Waals surface area contributed by atoms with Crippen LogP contribution in [-0.2, 0) is 4.74 Å². The summed E-state index contributed by atoms with van der Waals surface area (Å²) in [6.07, 6.45) is 9.85. The smallest absolute Gasteiger partial charge is 0.0547 e. The fourth-order valence-electron chi connectivity index (χ4n) is 2.59. The van der Waals surface area contributed by atoms with E-state index in [1.807, 2.05) is 0 Å². The van der Waals surface area contributed by atoms with Gasteiger partial charge in [-0.05, 0) is 65.8 Å². The maximum Gasteiger partial charge on any atom is 0.0547 e. The van der Waals surface area contributed by atoms with Gasteiger partial charge in [0, 0.05) is 12.1 Å². The summed E-state index contributed by atoms with van der Waals surface area (Å²) in [5, 5.41) is 3.53. The first kappa shape index (κ1) is 16.0. The summed E-state index contributed by atoms with van der Waals surface area (Å²) < 4.78 is 5.99. The molecule has 0 heterocycles. The van der Waals surface area contributed by atoms with Gasteiger partial charge in [0.1, 0.15) is 0 Å². The maximum atomic E-state index is 5.99. The van der Waals surface area contributed by atoms with E-state index in [1.54, 1.807) is 0 Å². The minimum absolute atomic E-state index is 0.242. The Balaban J connectivity index is 1.98. The number of ether oxygens (including phenoxy) is 1. The van der Waals surface area contributed by atoms with E-state index < -0.39 is 0 Å². The van der Waals surface area contributed by atoms with Gasteiger partial charge < -0.3 is 10.1 Å². The topological polar surface area (TPSA) is 21.3 Å². The lowest BCUT2D eigenvalue weighted by Gasteiger charge is -2.24. The van der Waals surface area contributed by atoms with E-state index in [9.17, 15) is 0 Å². The van der Waals surface area contributed by atoms with Crippen LogP contribution in [0.15, 0.2) is 0 Å². The summed E-state index contributed by atoms with van der Waals surface area (Å²) >= 11 is 0. The molecule has 1 fully saturated rings. The molecule has 1 saturated carbocycles. The summed E-state index contributed by atoms with van der Waals surface area (Å²) in [7, 11) is 0. The predicted molar refractivity (Wildman–Crippen MR) is 79.0 cm³/mol. The van der Waals surface area contributed by atoms with Crippen LogP contribution in [0, 0.1) is 5.92 Å². The van der Waals surface area contributed by atoms with Gasteiger partial charge in [-0.25, -0.2) is 0 Å². The van der Waals surface area contributed by atoms with Crippen molar-refractivity contribution in [2.24, 2.45) is 5.92 Å². The third kappa shape index (κ3) is 8.10. The lowest BCUT2D eigenvalue weighted by Crippen LogP contribution is -2.36. The summed E-state index contributed by atoms with van der Waals surface area (Å²) in [4.78, 5) is 0. The van der Waals surface area contributed by atoms with Crippen LogP contribution in [0.1, 0.15) is 72.6 Å². The van der Waals surface area contributed by atoms with Gasteiger partial charge in [0.05, 0.1) is 6.10 Å². The van der Waals surface area contributed by atoms with Gasteiger partial charge in [-0.1, -0.05) is 19.3 Å². The normalized spacial score (nSPS) is 20.0. The van der Waals surface area contributed by atoms with Gasteiger partial charge in [-0.15, -0.1) is 0 Å². The van der Waals surface area contributed by atoms with Crippen LogP contribution in [0.25, 0.3) is 0 Å². The van der Waals surface area contributed by atoms with E-state index in [4.69, 9.17) is 4.74 Å². The van der Waals surface area contributed by atoms with Gasteiger partial charge in [0.2, 0.25) is 0 Å². The Bertz CT molecular complexity index is 204. The highest BCUT2D eigenvalue weighted by molar-refractivity contribution is 4.70. The maximum absolute atomic E-state index is 5.99. The van der Waals surface area contributed by atoms with Gasteiger partial charge in [-0.2, -0.15) is 0 Å². The highest BCUT2D eigenvalue weighted by atomic mass is 16.5. The molecule has 1 atom stereocenters. The largest absolute Gasteiger partial charge is 0.378 e. The van der Waals surface area contributed by atoms with E-state index in [1.165, 1.54) is 44.9 Å². The minimum atomic E-state index is 0.242. The van der Waals surface area contributed by atoms with E-state index in [-0.39, 0.29) is 5.54 Å². The molecule has 2 heteroatoms. The second-order valence-electron chi connectivity index (χ2n) is 6.97. The number of hydrogen-bond acceptors (Lipinski definition) is 2. The van der Waals surface area contributed by atoms with E-state index in [0.29, 0.717) is 6.10 Å². The van der Waals surface area contributed by atoms with Crippen LogP contribution in [0.3, 0.4) is 0 Å². The minimum Gasteiger partial charge on any atom is -0.378 e. The second-order valence-corrected chi connectivity index (χ2v) is 6.97. The van der Waals surface area contributed by atoms with Crippen molar-refractivity contribution in [3.05, 3.63) is 0 Å². The fourth-order valence-corrected chi connectivity index (χ4v) is 2.59. The van der Waals surface area contributed by atoms with Crippen molar-refractivity contribution in [2.45, 2.75) is 84.3 Å². The molecule has 18 heavy (non-hydrogen) atoms. The summed E-state index contributed by atoms with van der Waals surface area (Å²) in [5.74, 6) is 0.842. The highest BCUT2D eigenvalue weighted by Crippen LogP contribution is 2.24. The van der Waals surface area contributed by atoms with Crippen molar-refractivity contribution >= 4 is 0 Å². The fraction of sp³-hybridized carbons (Fsp3) is 1.00. The molecule has 0 spiro atoms. The Hall–Kier alpha value is -0.0800. The van der Waals surface area contributed by atoms with Crippen molar-refractivity contribution in [1.82, 2.24) is 5.32 Å². The molecule has 0 amide bonds. The van der Waals surface area contributed by atoms with E-state index >= 15 is 0 Å². The molecule has 1 aliphatic carbocycles. The van der Waals surface area contributed by atoms with Crippen LogP contribution in [-0.4, -0.2) is 24.8 Å². The lowest BCUT2D eigenvalue weighted by atomic mass is 9.90. The quantitative estimate of drug-likeness (QED) is 0.690. The van der Waals surface area contributed by atoms with Crippen molar-refractivity contribution in [1.29, 1.82) is 0 Å². The van der Waals surface area contributed by atoms with Gasteiger partial charge in [0.25, 0.3) is 0 Å². The monoisotopic (exact) mass is 255 g/mol. The van der Waals surface area contributed by atoms with Crippen molar-refractivity contribution in [3.8, 4) is 0 Å². The SMILES string of the molecule is CC(CCCNC(C)(C)C)OCC1CCCCC1. The van der Waals surface area contributed by atoms with Gasteiger partial charge in [-0.3, -0.25) is 0 Å². The van der Waals surface area contributed by atoms with Crippen molar-refractivity contribution in [3.63, 3.8) is 0 Å². The third-order valence-corrected chi connectivity index (χ3v) is 3.78. The molecule has 0 aliphatic heterocycles. The number of nitrogens with one attached hydrogen (secondary N) is 1. The number of hydrogen-bond donors (Lipinski definition) is 1. The Labute approximate surface area is 114 Å². The molecule has 1 rings (SSSR count). The highest BCUT2D eigenvalue weighted by Gasteiger charge is 2.15. The molecule has 108 valence electrons. The summed E-state index contributed by atoms with van der Waals surface area (Å²) in [6.45, 7) is 11.0. The lowest BCUT2D eigenvalue weighted by molar-refractivity contribution is 0.0255. The summed E-state index contributed by atoms with van der Waals surface area (Å²) in [6, 6.07) is 0. The number of rotatable bonds is 7. The molecule has 2 nitrogen and oxygen atoms in total. The van der Waals surface area contributed by atoms with Crippen molar-refractivity contribution < 1.29 is 4.74 Å². The van der Waals surface area contributed by atoms with Gasteiger partial charge in [0.15, 0.2) is 0 Å². The van der Waals surface area contributed by atoms with Crippen molar-refractivity contribution in [2.75, 3.05) is 13.2 Å². The van der Waals surface area contributed by atoms with Crippen LogP contribution in [0.2, 0.25) is 0 Å². The predicted octanol–water partition coefficient (Wildman–Crippen LogP) is 4.14. The first-order chi connectivity index (χ1) is 8.47. The molecule has 1 N–H and O–H groups in total. The van der Waals surface area contributed by atoms with E-state index in [0.717, 1.165) is 19.1 Å². The molecule has 0 aromatic carbocycles. The zero-order valence-corrected chi connectivity index (χ0v) is 12.9. The standard InChI is InChI=1S/C16H33NO/c1-14(9-8-12-17-16(2,3)4)18-13-15-10-6-5-7-11-15/h14-15,17H,5-13H2,1-4H3. The third-order valence-electron chi connectivity index (χ3n) is 3.78. The second kappa shape index (κ2) is 8.16. The molecule has 0 bridgehead atoms. The van der Waals surface area contributed by atoms with Crippen LogP contribution >= 0.6 is 0 Å². The van der Waals surface area contributed by atoms with Crippen LogP contribution in [0.4, 0.5) is 0 Å². The average Bonchev–Trinajstić information content (AvgIpc) is 2.32. The Kier molecular flexibility index (Phi) is 7.25. The van der Waals surface area contributed by atoms with Crippen LogP contribution in [0.5, 0.6) is 0 Å². The molecular weight excluding hydrogens is 222 g/mol. The molecule has 0 saturated heterocycles. The molecule has 0 radical (unpaired) electrons. The van der Waals surface area contributed by atoms with Crippen LogP contribution < -0.4 is 5.32 Å². The Morgan fingerprint density at radius 3 is 2.44 bits per heavy atom. The zero-order valence-electron chi connectivity index (χ0n) is 12.9. The average molecular weight is 255 g/mol. The van der Waals surface area contributed by atoms with E-state index in [2.05, 4.69) is 33.0 Å². The molecular formula is C16H33NO.